The van der Waals surface area contributed by atoms with Gasteiger partial charge in [0.05, 0.1) is 12.3 Å². The molecule has 230 valence electrons. The number of nitrogens with zero attached hydrogens (tertiary/aromatic N) is 1. The standard InChI is InChI=1S/C32H39FN4O5S/c1-43(39,40)36-28-8-12-30(13-9-28)42-29-10-2-23(3-11-29)22-37-18-14-27(15-19-37)34-31(24-16-20-41-21-17-24)32(38)35-26-6-4-25(33)5-7-26/h2-13,24,27,31,34,36H,14-22H2,1H3,(H,35,38). The van der Waals surface area contributed by atoms with Gasteiger partial charge in [-0.2, -0.15) is 0 Å². The van der Waals surface area contributed by atoms with Crippen molar-refractivity contribution >= 4 is 27.3 Å². The van der Waals surface area contributed by atoms with E-state index in [0.29, 0.717) is 36.1 Å². The molecule has 9 nitrogen and oxygen atoms in total. The summed E-state index contributed by atoms with van der Waals surface area (Å²) in [5.41, 5.74) is 2.26. The summed E-state index contributed by atoms with van der Waals surface area (Å²) < 4.78 is 50.0. The number of amides is 1. The van der Waals surface area contributed by atoms with Gasteiger partial charge in [0.25, 0.3) is 0 Å². The summed E-state index contributed by atoms with van der Waals surface area (Å²) in [5.74, 6) is 1.10. The normalized spacial score (nSPS) is 17.7. The number of carbonyl (C=O) groups is 1. The van der Waals surface area contributed by atoms with Gasteiger partial charge in [-0.1, -0.05) is 12.1 Å². The van der Waals surface area contributed by atoms with E-state index in [1.165, 1.54) is 17.7 Å². The van der Waals surface area contributed by atoms with Crippen LogP contribution in [-0.4, -0.2) is 63.9 Å². The molecule has 3 aromatic rings. The van der Waals surface area contributed by atoms with Crippen LogP contribution in [-0.2, 0) is 26.1 Å². The van der Waals surface area contributed by atoms with Crippen LogP contribution in [0.2, 0.25) is 0 Å². The highest BCUT2D eigenvalue weighted by Gasteiger charge is 2.33. The second kappa shape index (κ2) is 14.3. The number of piperidine rings is 1. The van der Waals surface area contributed by atoms with Gasteiger partial charge in [-0.3, -0.25) is 14.4 Å². The van der Waals surface area contributed by atoms with E-state index in [1.54, 1.807) is 36.4 Å². The first-order valence-electron chi connectivity index (χ1n) is 14.7. The molecule has 0 spiro atoms. The zero-order chi connectivity index (χ0) is 30.2. The predicted molar refractivity (Wildman–Crippen MR) is 165 cm³/mol. The zero-order valence-corrected chi connectivity index (χ0v) is 25.1. The second-order valence-corrected chi connectivity index (χ2v) is 13.0. The lowest BCUT2D eigenvalue weighted by Gasteiger charge is -2.37. The van der Waals surface area contributed by atoms with Crippen molar-refractivity contribution < 1.29 is 27.1 Å². The summed E-state index contributed by atoms with van der Waals surface area (Å²) in [6.07, 6.45) is 4.66. The summed E-state index contributed by atoms with van der Waals surface area (Å²) >= 11 is 0. The van der Waals surface area contributed by atoms with Crippen LogP contribution < -0.4 is 20.1 Å². The first-order chi connectivity index (χ1) is 20.7. The number of likely N-dealkylation sites (tertiary alicyclic amines) is 1. The largest absolute Gasteiger partial charge is 0.457 e. The lowest BCUT2D eigenvalue weighted by molar-refractivity contribution is -0.120. The number of sulfonamides is 1. The highest BCUT2D eigenvalue weighted by molar-refractivity contribution is 7.92. The number of hydrogen-bond donors (Lipinski definition) is 3. The van der Waals surface area contributed by atoms with Crippen molar-refractivity contribution in [3.8, 4) is 11.5 Å². The Labute approximate surface area is 252 Å². The molecule has 0 bridgehead atoms. The highest BCUT2D eigenvalue weighted by atomic mass is 32.2. The average Bonchev–Trinajstić information content (AvgIpc) is 2.99. The molecule has 1 atom stereocenters. The molecule has 1 unspecified atom stereocenters. The number of benzene rings is 3. The number of halogens is 1. The smallest absolute Gasteiger partial charge is 0.241 e. The molecule has 11 heteroatoms. The minimum absolute atomic E-state index is 0.0789. The van der Waals surface area contributed by atoms with Crippen molar-refractivity contribution in [3.63, 3.8) is 0 Å². The van der Waals surface area contributed by atoms with Crippen LogP contribution >= 0.6 is 0 Å². The fraction of sp³-hybridized carbons (Fsp3) is 0.406. The molecule has 1 amide bonds. The third kappa shape index (κ3) is 9.49. The third-order valence-electron chi connectivity index (χ3n) is 7.86. The van der Waals surface area contributed by atoms with Crippen molar-refractivity contribution in [2.24, 2.45) is 5.92 Å². The van der Waals surface area contributed by atoms with Crippen molar-refractivity contribution in [1.29, 1.82) is 0 Å². The highest BCUT2D eigenvalue weighted by Crippen LogP contribution is 2.26. The maximum atomic E-state index is 13.3. The molecule has 2 heterocycles. The van der Waals surface area contributed by atoms with Crippen LogP contribution in [0.4, 0.5) is 15.8 Å². The summed E-state index contributed by atoms with van der Waals surface area (Å²) in [7, 11) is -3.32. The van der Waals surface area contributed by atoms with Crippen LogP contribution in [0.1, 0.15) is 31.2 Å². The van der Waals surface area contributed by atoms with Crippen molar-refractivity contribution in [3.05, 3.63) is 84.2 Å². The van der Waals surface area contributed by atoms with Gasteiger partial charge in [0.1, 0.15) is 17.3 Å². The van der Waals surface area contributed by atoms with Gasteiger partial charge in [-0.05, 0) is 111 Å². The van der Waals surface area contributed by atoms with E-state index in [4.69, 9.17) is 9.47 Å². The molecule has 5 rings (SSSR count). The molecule has 0 radical (unpaired) electrons. The van der Waals surface area contributed by atoms with E-state index in [-0.39, 0.29) is 29.7 Å². The van der Waals surface area contributed by atoms with E-state index in [0.717, 1.165) is 51.6 Å². The Morgan fingerprint density at radius 2 is 1.49 bits per heavy atom. The minimum Gasteiger partial charge on any atom is -0.457 e. The van der Waals surface area contributed by atoms with Gasteiger partial charge in [0.15, 0.2) is 0 Å². The van der Waals surface area contributed by atoms with Crippen LogP contribution in [0.3, 0.4) is 0 Å². The van der Waals surface area contributed by atoms with Crippen LogP contribution in [0.5, 0.6) is 11.5 Å². The topological polar surface area (TPSA) is 109 Å². The molecule has 3 N–H and O–H groups in total. The number of anilines is 2. The zero-order valence-electron chi connectivity index (χ0n) is 24.3. The molecule has 2 fully saturated rings. The molecule has 0 aliphatic carbocycles. The maximum Gasteiger partial charge on any atom is 0.241 e. The first-order valence-corrected chi connectivity index (χ1v) is 16.6. The minimum atomic E-state index is -3.32. The molecule has 0 aromatic heterocycles. The van der Waals surface area contributed by atoms with Crippen LogP contribution in [0, 0.1) is 11.7 Å². The Morgan fingerprint density at radius 3 is 2.09 bits per heavy atom. The fourth-order valence-electron chi connectivity index (χ4n) is 5.60. The summed E-state index contributed by atoms with van der Waals surface area (Å²) in [5, 5.41) is 6.64. The third-order valence-corrected chi connectivity index (χ3v) is 8.46. The van der Waals surface area contributed by atoms with Gasteiger partial charge < -0.3 is 20.1 Å². The number of carbonyl (C=O) groups excluding carboxylic acids is 1. The Hall–Kier alpha value is -3.51. The lowest BCUT2D eigenvalue weighted by atomic mass is 9.89. The quantitative estimate of drug-likeness (QED) is 0.281. The van der Waals surface area contributed by atoms with Gasteiger partial charge in [-0.25, -0.2) is 12.8 Å². The molecule has 2 aliphatic heterocycles. The molecule has 2 aliphatic rings. The Bertz CT molecular complexity index is 1440. The van der Waals surface area contributed by atoms with Crippen LogP contribution in [0.15, 0.2) is 72.8 Å². The number of hydrogen-bond acceptors (Lipinski definition) is 7. The first kappa shape index (κ1) is 30.9. The molecule has 2 saturated heterocycles. The Balaban J connectivity index is 1.10. The van der Waals surface area contributed by atoms with Crippen molar-refractivity contribution in [1.82, 2.24) is 10.2 Å². The van der Waals surface area contributed by atoms with E-state index < -0.39 is 10.0 Å². The van der Waals surface area contributed by atoms with E-state index in [1.807, 2.05) is 12.1 Å². The van der Waals surface area contributed by atoms with Gasteiger partial charge in [0, 0.05) is 37.2 Å². The number of nitrogens with one attached hydrogen (secondary N) is 3. The monoisotopic (exact) mass is 610 g/mol. The maximum absolute atomic E-state index is 13.3. The Morgan fingerprint density at radius 1 is 0.907 bits per heavy atom. The molecule has 43 heavy (non-hydrogen) atoms. The predicted octanol–water partition coefficient (Wildman–Crippen LogP) is 4.98. The van der Waals surface area contributed by atoms with Crippen molar-refractivity contribution in [2.75, 3.05) is 42.6 Å². The molecule has 3 aromatic carbocycles. The average molecular weight is 611 g/mol. The summed E-state index contributed by atoms with van der Waals surface area (Å²) in [6, 6.07) is 20.5. The molecular formula is C32H39FN4O5S. The summed E-state index contributed by atoms with van der Waals surface area (Å²) in [4.78, 5) is 15.8. The molecular weight excluding hydrogens is 571 g/mol. The van der Waals surface area contributed by atoms with E-state index in [9.17, 15) is 17.6 Å². The van der Waals surface area contributed by atoms with Gasteiger partial charge in [0.2, 0.25) is 15.9 Å². The SMILES string of the molecule is CS(=O)(=O)Nc1ccc(Oc2ccc(CN3CCC(NC(C(=O)Nc4ccc(F)cc4)C4CCOCC4)CC3)cc2)cc1. The van der Waals surface area contributed by atoms with E-state index >= 15 is 0 Å². The second-order valence-electron chi connectivity index (χ2n) is 11.3. The van der Waals surface area contributed by atoms with E-state index in [2.05, 4.69) is 32.4 Å². The Kier molecular flexibility index (Phi) is 10.3. The van der Waals surface area contributed by atoms with Gasteiger partial charge in [-0.15, -0.1) is 0 Å². The lowest BCUT2D eigenvalue weighted by Crippen LogP contribution is -2.53. The van der Waals surface area contributed by atoms with Crippen molar-refractivity contribution in [2.45, 2.75) is 44.3 Å². The number of rotatable bonds is 11. The number of ether oxygens (including phenoxy) is 2. The van der Waals surface area contributed by atoms with Crippen LogP contribution in [0.25, 0.3) is 0 Å². The molecule has 0 saturated carbocycles. The fourth-order valence-corrected chi connectivity index (χ4v) is 6.17. The summed E-state index contributed by atoms with van der Waals surface area (Å²) in [6.45, 7) is 3.98. The van der Waals surface area contributed by atoms with Gasteiger partial charge >= 0.3 is 0 Å².